The average Bonchev–Trinajstić information content (AvgIpc) is 2.41. The SMILES string of the molecule is CC1CCC(N(C)S(=O)(=O)c2cc(Br)ccc2N)CC1. The van der Waals surface area contributed by atoms with Crippen LogP contribution in [0.3, 0.4) is 0 Å². The van der Waals surface area contributed by atoms with Crippen LogP contribution < -0.4 is 5.73 Å². The number of hydrogen-bond acceptors (Lipinski definition) is 3. The Morgan fingerprint density at radius 3 is 2.45 bits per heavy atom. The Hall–Kier alpha value is -0.590. The first-order valence-corrected chi connectivity index (χ1v) is 9.08. The topological polar surface area (TPSA) is 63.4 Å². The van der Waals surface area contributed by atoms with E-state index in [1.807, 2.05) is 0 Å². The predicted octanol–water partition coefficient (Wildman–Crippen LogP) is 3.23. The van der Waals surface area contributed by atoms with Gasteiger partial charge in [-0.25, -0.2) is 8.42 Å². The Morgan fingerprint density at radius 1 is 1.25 bits per heavy atom. The molecule has 0 amide bonds. The molecule has 112 valence electrons. The molecule has 0 radical (unpaired) electrons. The molecule has 0 spiro atoms. The summed E-state index contributed by atoms with van der Waals surface area (Å²) in [6.45, 7) is 2.22. The fraction of sp³-hybridized carbons (Fsp3) is 0.571. The third kappa shape index (κ3) is 3.18. The van der Waals surface area contributed by atoms with Crippen molar-refractivity contribution in [2.45, 2.75) is 43.5 Å². The second-order valence-corrected chi connectivity index (χ2v) is 8.50. The van der Waals surface area contributed by atoms with Crippen LogP contribution in [0.25, 0.3) is 0 Å². The molecule has 0 aliphatic heterocycles. The number of hydrogen-bond donors (Lipinski definition) is 1. The molecule has 20 heavy (non-hydrogen) atoms. The molecular formula is C14H21BrN2O2S. The summed E-state index contributed by atoms with van der Waals surface area (Å²) in [6.07, 6.45) is 4.01. The summed E-state index contributed by atoms with van der Waals surface area (Å²) in [6, 6.07) is 5.02. The van der Waals surface area contributed by atoms with E-state index in [2.05, 4.69) is 22.9 Å². The van der Waals surface area contributed by atoms with Crippen LogP contribution in [-0.2, 0) is 10.0 Å². The molecule has 1 aliphatic carbocycles. The molecule has 2 N–H and O–H groups in total. The molecule has 0 aromatic heterocycles. The zero-order valence-electron chi connectivity index (χ0n) is 11.8. The van der Waals surface area contributed by atoms with Crippen molar-refractivity contribution in [1.29, 1.82) is 0 Å². The van der Waals surface area contributed by atoms with E-state index in [-0.39, 0.29) is 10.9 Å². The summed E-state index contributed by atoms with van der Waals surface area (Å²) in [5, 5.41) is 0. The summed E-state index contributed by atoms with van der Waals surface area (Å²) >= 11 is 3.30. The largest absolute Gasteiger partial charge is 0.398 e. The summed E-state index contributed by atoms with van der Waals surface area (Å²) in [7, 11) is -1.87. The van der Waals surface area contributed by atoms with Crippen molar-refractivity contribution in [1.82, 2.24) is 4.31 Å². The second kappa shape index (κ2) is 6.03. The van der Waals surface area contributed by atoms with Gasteiger partial charge in [0.25, 0.3) is 0 Å². The van der Waals surface area contributed by atoms with Crippen molar-refractivity contribution < 1.29 is 8.42 Å². The maximum absolute atomic E-state index is 12.7. The summed E-state index contributed by atoms with van der Waals surface area (Å²) in [5.41, 5.74) is 6.13. The van der Waals surface area contributed by atoms with E-state index in [0.29, 0.717) is 11.6 Å². The molecule has 4 nitrogen and oxygen atoms in total. The predicted molar refractivity (Wildman–Crippen MR) is 84.9 cm³/mol. The molecular weight excluding hydrogens is 340 g/mol. The third-order valence-electron chi connectivity index (χ3n) is 4.13. The monoisotopic (exact) mass is 360 g/mol. The fourth-order valence-electron chi connectivity index (χ4n) is 2.69. The molecule has 0 saturated heterocycles. The Kier molecular flexibility index (Phi) is 4.76. The van der Waals surface area contributed by atoms with Gasteiger partial charge in [-0.2, -0.15) is 4.31 Å². The first-order valence-electron chi connectivity index (χ1n) is 6.85. The molecule has 1 aliphatic rings. The van der Waals surface area contributed by atoms with Crippen LogP contribution in [0.1, 0.15) is 32.6 Å². The third-order valence-corrected chi connectivity index (χ3v) is 6.59. The van der Waals surface area contributed by atoms with Gasteiger partial charge in [-0.3, -0.25) is 0 Å². The highest BCUT2D eigenvalue weighted by Crippen LogP contribution is 2.32. The molecule has 1 aromatic carbocycles. The summed E-state index contributed by atoms with van der Waals surface area (Å²) in [4.78, 5) is 0.188. The van der Waals surface area contributed by atoms with Crippen LogP contribution in [0.2, 0.25) is 0 Å². The van der Waals surface area contributed by atoms with Gasteiger partial charge in [-0.1, -0.05) is 22.9 Å². The maximum atomic E-state index is 12.7. The van der Waals surface area contributed by atoms with Crippen LogP contribution in [0.5, 0.6) is 0 Å². The zero-order valence-corrected chi connectivity index (χ0v) is 14.2. The average molecular weight is 361 g/mol. The second-order valence-electron chi connectivity index (χ2n) is 5.62. The summed E-state index contributed by atoms with van der Waals surface area (Å²) < 4.78 is 27.6. The van der Waals surface area contributed by atoms with Gasteiger partial charge in [0.15, 0.2) is 0 Å². The molecule has 0 unspecified atom stereocenters. The smallest absolute Gasteiger partial charge is 0.245 e. The van der Waals surface area contributed by atoms with Crippen LogP contribution in [-0.4, -0.2) is 25.8 Å². The van der Waals surface area contributed by atoms with Gasteiger partial charge in [0.05, 0.1) is 5.69 Å². The van der Waals surface area contributed by atoms with Crippen molar-refractivity contribution in [2.75, 3.05) is 12.8 Å². The van der Waals surface area contributed by atoms with Crippen molar-refractivity contribution in [3.8, 4) is 0 Å². The van der Waals surface area contributed by atoms with Crippen LogP contribution in [0.15, 0.2) is 27.6 Å². The standard InChI is InChI=1S/C14H21BrN2O2S/c1-10-3-6-12(7-4-10)17(2)20(18,19)14-9-11(15)5-8-13(14)16/h5,8-10,12H,3-4,6-7,16H2,1-2H3. The first-order chi connectivity index (χ1) is 9.32. The lowest BCUT2D eigenvalue weighted by molar-refractivity contribution is 0.246. The highest BCUT2D eigenvalue weighted by Gasteiger charge is 2.31. The van der Waals surface area contributed by atoms with Gasteiger partial charge in [-0.15, -0.1) is 0 Å². The number of sulfonamides is 1. The highest BCUT2D eigenvalue weighted by atomic mass is 79.9. The van der Waals surface area contributed by atoms with Crippen LogP contribution >= 0.6 is 15.9 Å². The number of nitrogens with two attached hydrogens (primary N) is 1. The van der Waals surface area contributed by atoms with Crippen molar-refractivity contribution in [3.05, 3.63) is 22.7 Å². The van der Waals surface area contributed by atoms with Crippen LogP contribution in [0.4, 0.5) is 5.69 Å². The minimum atomic E-state index is -3.53. The molecule has 6 heteroatoms. The molecule has 1 saturated carbocycles. The Labute approximate surface area is 129 Å². The van der Waals surface area contributed by atoms with E-state index in [1.54, 1.807) is 25.2 Å². The van der Waals surface area contributed by atoms with Gasteiger partial charge in [0, 0.05) is 17.6 Å². The van der Waals surface area contributed by atoms with Gasteiger partial charge in [0.2, 0.25) is 10.0 Å². The molecule has 0 heterocycles. The van der Waals surface area contributed by atoms with E-state index in [1.165, 1.54) is 4.31 Å². The molecule has 1 aromatic rings. The molecule has 1 fully saturated rings. The van der Waals surface area contributed by atoms with Crippen LogP contribution in [0, 0.1) is 5.92 Å². The van der Waals surface area contributed by atoms with E-state index in [0.717, 1.165) is 30.2 Å². The number of benzene rings is 1. The number of anilines is 1. The van der Waals surface area contributed by atoms with Gasteiger partial charge in [0.1, 0.15) is 4.90 Å². The van der Waals surface area contributed by atoms with Crippen molar-refractivity contribution in [2.24, 2.45) is 5.92 Å². The van der Waals surface area contributed by atoms with Crippen molar-refractivity contribution in [3.63, 3.8) is 0 Å². The lowest BCUT2D eigenvalue weighted by Gasteiger charge is -2.33. The molecule has 2 rings (SSSR count). The quantitative estimate of drug-likeness (QED) is 0.841. The highest BCUT2D eigenvalue weighted by molar-refractivity contribution is 9.10. The number of rotatable bonds is 3. The van der Waals surface area contributed by atoms with E-state index >= 15 is 0 Å². The fourth-order valence-corrected chi connectivity index (χ4v) is 4.76. The lowest BCUT2D eigenvalue weighted by Crippen LogP contribution is -2.39. The minimum Gasteiger partial charge on any atom is -0.398 e. The normalized spacial score (nSPS) is 24.0. The number of nitrogens with zero attached hydrogens (tertiary/aromatic N) is 1. The minimum absolute atomic E-state index is 0.0783. The Morgan fingerprint density at radius 2 is 1.85 bits per heavy atom. The maximum Gasteiger partial charge on any atom is 0.245 e. The van der Waals surface area contributed by atoms with Gasteiger partial charge >= 0.3 is 0 Å². The summed E-state index contributed by atoms with van der Waals surface area (Å²) in [5.74, 6) is 0.693. The van der Waals surface area contributed by atoms with Gasteiger partial charge < -0.3 is 5.73 Å². The van der Waals surface area contributed by atoms with Crippen molar-refractivity contribution >= 4 is 31.6 Å². The number of halogens is 1. The molecule has 0 atom stereocenters. The van der Waals surface area contributed by atoms with E-state index < -0.39 is 10.0 Å². The Bertz CT molecular complexity index is 581. The number of nitrogen functional groups attached to an aromatic ring is 1. The first kappa shape index (κ1) is 15.8. The lowest BCUT2D eigenvalue weighted by atomic mass is 9.87. The Balaban J connectivity index is 2.27. The van der Waals surface area contributed by atoms with E-state index in [9.17, 15) is 8.42 Å². The zero-order chi connectivity index (χ0) is 14.9. The van der Waals surface area contributed by atoms with Gasteiger partial charge in [-0.05, 0) is 49.8 Å². The van der Waals surface area contributed by atoms with E-state index in [4.69, 9.17) is 5.73 Å². The molecule has 0 bridgehead atoms.